The second-order valence-electron chi connectivity index (χ2n) is 43.7. The van der Waals surface area contributed by atoms with Gasteiger partial charge in [-0.1, -0.05) is 302 Å². The average Bonchev–Trinajstić information content (AvgIpc) is 0.852. The van der Waals surface area contributed by atoms with Crippen LogP contribution < -0.4 is 0 Å². The Morgan fingerprint density at radius 2 is 0.313 bits per heavy atom. The number of hydrogen-bond donors (Lipinski definition) is 16. The van der Waals surface area contributed by atoms with Crippen LogP contribution in [0, 0.1) is 0 Å². The summed E-state index contributed by atoms with van der Waals surface area (Å²) in [5, 5.41) is 148. The lowest BCUT2D eigenvalue weighted by Crippen LogP contribution is -2.37. The summed E-state index contributed by atoms with van der Waals surface area (Å²) in [4.78, 5) is 206. The molecule has 49 heteroatoms. The first-order valence-electron chi connectivity index (χ1n) is 54.1. The van der Waals surface area contributed by atoms with Crippen LogP contribution in [0.5, 0.6) is 0 Å². The fourth-order valence-corrected chi connectivity index (χ4v) is 59.4. The minimum Gasteiger partial charge on any atom is -0.481 e. The standard InChI is InChI=1S/C101H184O34S8Si7/c1-9-10-11-12-13-14-15-16-17-18-19-20-21-38-93(118)135-39-22-23-48-144(2,57-32-63-149(7,65-34-59-145(3,49-24-40-136-77(94(119)120)69-85(102)103)50-25-41-137-78(95(121)122)70-86(104)105)66-35-60-146(4,51-26-42-138-79(96(123)124)71-87(106)107)52-27-43-139-80(97(125)126)72-88(108)109)58-33-64-150(8,67-36-61-147(5,53-28-44-140-81(98(127)128)73-89(110)111)54-29-45-141-82(99(129)130)74-90(112)113)68-37-62-148(6,55-30-46-142-83(100(131)132)75-91(114)115)56-31-47-143-84(101(133)134)76-92(116)117/h77-84H,9-76H2,1-8H3,(H,102,103)(H,104,105)(H,106,107)(H,108,109)(H,110,111)(H,112,113)(H,114,115)(H,116,117)(H,119,120)(H,121,122)(H,123,124)(H,125,126)(H,127,128)(H,129,130)(H,131,132)(H,133,134). The highest BCUT2D eigenvalue weighted by Gasteiger charge is 2.40. The molecule has 0 aromatic heterocycles. The Kier molecular flexibility index (Phi) is 80.1. The molecule has 8 unspecified atom stereocenters. The summed E-state index contributed by atoms with van der Waals surface area (Å²) in [6.07, 6.45) is 22.6. The zero-order valence-corrected chi connectivity index (χ0v) is 104. The van der Waals surface area contributed by atoms with E-state index in [9.17, 15) is 163 Å². The number of carbonyl (C=O) groups excluding carboxylic acids is 1. The lowest BCUT2D eigenvalue weighted by atomic mass is 10.0. The van der Waals surface area contributed by atoms with E-state index in [1.165, 1.54) is 57.8 Å². The number of unbranched alkanes of at least 4 members (excludes halogenated alkanes) is 13. The van der Waals surface area contributed by atoms with E-state index in [-0.39, 0.29) is 12.6 Å². The minimum absolute atomic E-state index is 0.213. The summed E-state index contributed by atoms with van der Waals surface area (Å²) in [6, 6.07) is 18.1. The van der Waals surface area contributed by atoms with Gasteiger partial charge in [0.2, 0.25) is 0 Å². The molecule has 0 aliphatic rings. The predicted molar refractivity (Wildman–Crippen MR) is 626 cm³/mol. The Labute approximate surface area is 930 Å². The van der Waals surface area contributed by atoms with E-state index < -0.39 is 245 Å². The largest absolute Gasteiger partial charge is 0.481 e. The lowest BCUT2D eigenvalue weighted by Gasteiger charge is -2.36. The van der Waals surface area contributed by atoms with Crippen LogP contribution in [0.4, 0.5) is 0 Å². The summed E-state index contributed by atoms with van der Waals surface area (Å²) < 4.78 is 5.99. The van der Waals surface area contributed by atoms with E-state index in [1.807, 2.05) is 0 Å². The molecule has 0 bridgehead atoms. The zero-order chi connectivity index (χ0) is 113. The van der Waals surface area contributed by atoms with Gasteiger partial charge in [-0.2, -0.15) is 0 Å². The van der Waals surface area contributed by atoms with Crippen molar-refractivity contribution in [2.75, 3.05) is 52.6 Å². The van der Waals surface area contributed by atoms with Gasteiger partial charge < -0.3 is 86.4 Å². The van der Waals surface area contributed by atoms with Crippen molar-refractivity contribution >= 4 is 252 Å². The van der Waals surface area contributed by atoms with Crippen LogP contribution in [0.1, 0.15) is 251 Å². The molecule has 0 heterocycles. The maximum atomic E-state index is 13.5. The normalized spacial score (nSPS) is 16.1. The van der Waals surface area contributed by atoms with E-state index in [0.717, 1.165) is 292 Å². The molecule has 0 radical (unpaired) electrons. The van der Waals surface area contributed by atoms with Gasteiger partial charge in [0.05, 0.1) is 114 Å². The first-order valence-corrected chi connectivity index (χ1v) is 84.4. The third-order valence-corrected chi connectivity index (χ3v) is 72.5. The van der Waals surface area contributed by atoms with E-state index in [0.29, 0.717) is 110 Å². The fraction of sp³-hybridized carbons (Fsp3) is 0.832. The number of aliphatic carboxylic acids is 16. The smallest absolute Gasteiger partial charge is 0.317 e. The Bertz CT molecular complexity index is 3420. The van der Waals surface area contributed by atoms with Gasteiger partial charge >= 0.3 is 101 Å². The number of carboxylic acid groups (broad SMARTS) is 16. The number of esters is 1. The Morgan fingerprint density at radius 3 is 0.453 bits per heavy atom. The van der Waals surface area contributed by atoms with Crippen LogP contribution in [0.2, 0.25) is 173 Å². The van der Waals surface area contributed by atoms with E-state index in [4.69, 9.17) is 4.74 Å². The molecule has 34 nitrogen and oxygen atoms in total. The van der Waals surface area contributed by atoms with Crippen molar-refractivity contribution in [3.05, 3.63) is 0 Å². The molecule has 0 saturated carbocycles. The highest BCUT2D eigenvalue weighted by molar-refractivity contribution is 8.02. The molecular formula is C101H184O34S8Si7. The van der Waals surface area contributed by atoms with Crippen molar-refractivity contribution in [3.63, 3.8) is 0 Å². The van der Waals surface area contributed by atoms with E-state index in [2.05, 4.69) is 52.8 Å². The van der Waals surface area contributed by atoms with Crippen molar-refractivity contribution in [3.8, 4) is 0 Å². The molecule has 0 aromatic rings. The maximum Gasteiger partial charge on any atom is 0.317 e. The van der Waals surface area contributed by atoms with E-state index in [1.54, 1.807) is 0 Å². The van der Waals surface area contributed by atoms with Crippen molar-refractivity contribution in [1.82, 2.24) is 0 Å². The highest BCUT2D eigenvalue weighted by atomic mass is 32.2. The fourth-order valence-electron chi connectivity index (χ4n) is 20.3. The third-order valence-electron chi connectivity index (χ3n) is 29.3. The zero-order valence-electron chi connectivity index (χ0n) is 90.5. The number of carbonyl (C=O) groups is 17. The van der Waals surface area contributed by atoms with Gasteiger partial charge in [-0.15, -0.1) is 94.1 Å². The molecule has 0 aromatic carbocycles. The average molecular weight is 2400 g/mol. The Balaban J connectivity index is 8.79. The van der Waals surface area contributed by atoms with Crippen molar-refractivity contribution in [2.24, 2.45) is 0 Å². The highest BCUT2D eigenvalue weighted by Crippen LogP contribution is 2.43. The molecule has 0 aliphatic heterocycles. The van der Waals surface area contributed by atoms with Gasteiger partial charge in [0.15, 0.2) is 0 Å². The molecule has 0 rings (SSSR count). The van der Waals surface area contributed by atoms with E-state index >= 15 is 0 Å². The number of rotatable bonds is 107. The quantitative estimate of drug-likeness (QED) is 0.0153. The first kappa shape index (κ1) is 145. The summed E-state index contributed by atoms with van der Waals surface area (Å²) in [6.45, 7) is 19.2. The Morgan fingerprint density at radius 1 is 0.180 bits per heavy atom. The number of thioether (sulfide) groups is 8. The summed E-state index contributed by atoms with van der Waals surface area (Å²) >= 11 is 8.68. The monoisotopic (exact) mass is 2390 g/mol. The predicted octanol–water partition coefficient (Wildman–Crippen LogP) is 24.1. The molecule has 0 fully saturated rings. The van der Waals surface area contributed by atoms with Crippen molar-refractivity contribution < 1.29 is 168 Å². The van der Waals surface area contributed by atoms with Crippen molar-refractivity contribution in [2.45, 2.75) is 466 Å². The topological polar surface area (TPSA) is 623 Å². The van der Waals surface area contributed by atoms with Gasteiger partial charge in [-0.05, 0) is 110 Å². The first-order chi connectivity index (χ1) is 70.5. The van der Waals surface area contributed by atoms with Crippen LogP contribution in [-0.2, 0) is 86.2 Å². The van der Waals surface area contributed by atoms with Gasteiger partial charge in [0.25, 0.3) is 0 Å². The number of hydrogen-bond acceptors (Lipinski definition) is 26. The van der Waals surface area contributed by atoms with Crippen molar-refractivity contribution in [1.29, 1.82) is 0 Å². The summed E-state index contributed by atoms with van der Waals surface area (Å²) in [5.74, 6) is -16.9. The van der Waals surface area contributed by atoms with Crippen LogP contribution in [0.3, 0.4) is 0 Å². The third kappa shape index (κ3) is 76.1. The molecule has 0 saturated heterocycles. The second-order valence-corrected chi connectivity index (χ2v) is 90.0. The molecule has 0 amide bonds. The minimum atomic E-state index is -2.35. The van der Waals surface area contributed by atoms with Crippen LogP contribution in [0.15, 0.2) is 0 Å². The maximum absolute atomic E-state index is 13.5. The van der Waals surface area contributed by atoms with Crippen LogP contribution in [0.25, 0.3) is 0 Å². The number of carboxylic acids is 16. The SMILES string of the molecule is CCCCCCCCCCCCCCCC(=O)OCCCC[Si](C)(CCC[Si](C)(CCC[Si](C)(CCCSC(CC(=O)O)C(=O)O)CCCSC(CC(=O)O)C(=O)O)CCC[Si](C)(CCCSC(CC(=O)O)C(=O)O)CCCSC(CC(=O)O)C(=O)O)CCC[Si](C)(CCC[Si](C)(CCCSC(CC(=O)O)C(=O)O)CCCSC(CC(=O)O)C(=O)O)CCC[Si](C)(CCCSC(CC(=O)O)C(=O)O)CCCSC(CC(=O)O)C(=O)O. The van der Waals surface area contributed by atoms with Gasteiger partial charge in [-0.25, -0.2) is 0 Å². The van der Waals surface area contributed by atoms with Gasteiger partial charge in [0.1, 0.15) is 42.0 Å². The summed E-state index contributed by atoms with van der Waals surface area (Å²) in [5.41, 5.74) is 0. The molecule has 8 atom stereocenters. The second kappa shape index (κ2) is 82.7. The van der Waals surface area contributed by atoms with Crippen LogP contribution in [-0.4, -0.2) is 334 Å². The molecule has 150 heavy (non-hydrogen) atoms. The number of ether oxygens (including phenoxy) is 1. The molecule has 16 N–H and O–H groups in total. The Hall–Kier alpha value is -4.69. The molecule has 0 aliphatic carbocycles. The summed E-state index contributed by atoms with van der Waals surface area (Å²) in [7, 11) is -16.3. The van der Waals surface area contributed by atoms with Gasteiger partial charge in [-0.3, -0.25) is 81.5 Å². The van der Waals surface area contributed by atoms with Gasteiger partial charge in [0, 0.05) is 6.42 Å². The molecule has 0 spiro atoms. The van der Waals surface area contributed by atoms with Crippen LogP contribution >= 0.6 is 94.1 Å². The lowest BCUT2D eigenvalue weighted by molar-refractivity contribution is -0.144. The molecule has 868 valence electrons. The molecular weight excluding hydrogens is 2210 g/mol.